The first kappa shape index (κ1) is 19.4. The van der Waals surface area contributed by atoms with E-state index >= 15 is 0 Å². The molecule has 1 atom stereocenters. The zero-order valence-electron chi connectivity index (χ0n) is 12.5. The summed E-state index contributed by atoms with van der Waals surface area (Å²) < 4.78 is 26.6. The van der Waals surface area contributed by atoms with Crippen LogP contribution in [-0.2, 0) is 15.4 Å². The van der Waals surface area contributed by atoms with Gasteiger partial charge in [0.05, 0.1) is 4.90 Å². The second-order valence-corrected chi connectivity index (χ2v) is 7.71. The molecule has 0 fully saturated rings. The Bertz CT molecular complexity index is 505. The second-order valence-electron chi connectivity index (χ2n) is 5.94. The fourth-order valence-corrected chi connectivity index (χ4v) is 2.69. The number of nitrogens with two attached hydrogens (primary N) is 1. The van der Waals surface area contributed by atoms with Crippen molar-refractivity contribution in [3.8, 4) is 0 Å². The van der Waals surface area contributed by atoms with E-state index in [0.717, 1.165) is 5.56 Å². The van der Waals surface area contributed by atoms with Crippen LogP contribution in [0.15, 0.2) is 29.2 Å². The van der Waals surface area contributed by atoms with Crippen molar-refractivity contribution in [2.45, 2.75) is 50.5 Å². The van der Waals surface area contributed by atoms with Crippen molar-refractivity contribution in [1.29, 1.82) is 0 Å². The molecule has 0 bridgehead atoms. The molecule has 0 aliphatic heterocycles. The summed E-state index contributed by atoms with van der Waals surface area (Å²) in [6.45, 7) is 8.50. The maximum absolute atomic E-state index is 12.0. The minimum absolute atomic E-state index is 0. The summed E-state index contributed by atoms with van der Waals surface area (Å²) in [5.74, 6) is 0. The summed E-state index contributed by atoms with van der Waals surface area (Å²) in [6, 6.07) is 7.01. The Labute approximate surface area is 128 Å². The molecule has 1 unspecified atom stereocenters. The van der Waals surface area contributed by atoms with Crippen LogP contribution in [0.25, 0.3) is 0 Å². The molecule has 0 aliphatic carbocycles. The molecule has 4 nitrogen and oxygen atoms in total. The highest BCUT2D eigenvalue weighted by Gasteiger charge is 2.17. The van der Waals surface area contributed by atoms with Crippen molar-refractivity contribution in [2.24, 2.45) is 5.73 Å². The van der Waals surface area contributed by atoms with E-state index < -0.39 is 10.0 Å². The van der Waals surface area contributed by atoms with Gasteiger partial charge in [-0.05, 0) is 36.5 Å². The molecule has 0 heterocycles. The quantitative estimate of drug-likeness (QED) is 0.875. The van der Waals surface area contributed by atoms with Gasteiger partial charge in [-0.3, -0.25) is 0 Å². The summed E-state index contributed by atoms with van der Waals surface area (Å²) >= 11 is 0. The zero-order valence-corrected chi connectivity index (χ0v) is 14.1. The van der Waals surface area contributed by atoms with Gasteiger partial charge in [0.2, 0.25) is 10.0 Å². The van der Waals surface area contributed by atoms with Crippen molar-refractivity contribution in [2.75, 3.05) is 6.54 Å². The number of benzene rings is 1. The van der Waals surface area contributed by atoms with Crippen molar-refractivity contribution in [1.82, 2.24) is 4.72 Å². The lowest BCUT2D eigenvalue weighted by Crippen LogP contribution is -2.29. The van der Waals surface area contributed by atoms with E-state index in [9.17, 15) is 8.42 Å². The first-order valence-corrected chi connectivity index (χ1v) is 7.97. The van der Waals surface area contributed by atoms with Gasteiger partial charge in [-0.2, -0.15) is 0 Å². The van der Waals surface area contributed by atoms with Crippen LogP contribution < -0.4 is 10.5 Å². The van der Waals surface area contributed by atoms with Crippen molar-refractivity contribution in [3.05, 3.63) is 29.8 Å². The smallest absolute Gasteiger partial charge is 0.240 e. The summed E-state index contributed by atoms with van der Waals surface area (Å²) in [4.78, 5) is 0.296. The molecule has 1 aromatic rings. The number of sulfonamides is 1. The predicted octanol–water partition coefficient (Wildman–Crippen LogP) is 2.42. The SMILES string of the molecule is CC(N)CCNS(=O)(=O)c1ccc(C(C)(C)C)cc1.Cl. The van der Waals surface area contributed by atoms with Crippen molar-refractivity contribution >= 4 is 22.4 Å². The average molecular weight is 321 g/mol. The fraction of sp³-hybridized carbons (Fsp3) is 0.571. The minimum atomic E-state index is -3.42. The maximum atomic E-state index is 12.0. The lowest BCUT2D eigenvalue weighted by molar-refractivity contribution is 0.570. The van der Waals surface area contributed by atoms with E-state index in [1.54, 1.807) is 12.1 Å². The van der Waals surface area contributed by atoms with E-state index in [0.29, 0.717) is 17.9 Å². The van der Waals surface area contributed by atoms with Gasteiger partial charge in [0, 0.05) is 12.6 Å². The van der Waals surface area contributed by atoms with Gasteiger partial charge in [-0.25, -0.2) is 13.1 Å². The third-order valence-corrected chi connectivity index (χ3v) is 4.40. The van der Waals surface area contributed by atoms with Crippen LogP contribution in [0.4, 0.5) is 0 Å². The van der Waals surface area contributed by atoms with E-state index in [1.807, 2.05) is 19.1 Å². The van der Waals surface area contributed by atoms with Gasteiger partial charge in [-0.15, -0.1) is 12.4 Å². The Kier molecular flexibility index (Phi) is 7.18. The molecular formula is C14H25ClN2O2S. The number of hydrogen-bond donors (Lipinski definition) is 2. The van der Waals surface area contributed by atoms with E-state index in [-0.39, 0.29) is 23.9 Å². The van der Waals surface area contributed by atoms with Crippen molar-refractivity contribution in [3.63, 3.8) is 0 Å². The molecule has 116 valence electrons. The molecular weight excluding hydrogens is 296 g/mol. The minimum Gasteiger partial charge on any atom is -0.328 e. The highest BCUT2D eigenvalue weighted by molar-refractivity contribution is 7.89. The molecule has 0 radical (unpaired) electrons. The highest BCUT2D eigenvalue weighted by Crippen LogP contribution is 2.23. The Morgan fingerprint density at radius 1 is 1.20 bits per heavy atom. The van der Waals surface area contributed by atoms with E-state index in [2.05, 4.69) is 25.5 Å². The lowest BCUT2D eigenvalue weighted by Gasteiger charge is -2.19. The topological polar surface area (TPSA) is 72.2 Å². The monoisotopic (exact) mass is 320 g/mol. The predicted molar refractivity (Wildman–Crippen MR) is 85.8 cm³/mol. The normalized spacial score (nSPS) is 13.7. The molecule has 0 aromatic heterocycles. The van der Waals surface area contributed by atoms with Gasteiger partial charge >= 0.3 is 0 Å². The van der Waals surface area contributed by atoms with Gasteiger partial charge in [0.25, 0.3) is 0 Å². The van der Waals surface area contributed by atoms with Crippen LogP contribution in [0.1, 0.15) is 39.7 Å². The molecule has 0 spiro atoms. The lowest BCUT2D eigenvalue weighted by atomic mass is 9.87. The van der Waals surface area contributed by atoms with E-state index in [4.69, 9.17) is 5.73 Å². The molecule has 1 aromatic carbocycles. The summed E-state index contributed by atoms with van der Waals surface area (Å²) in [7, 11) is -3.42. The molecule has 0 saturated heterocycles. The van der Waals surface area contributed by atoms with Crippen LogP contribution in [0, 0.1) is 0 Å². The third kappa shape index (κ3) is 5.79. The first-order valence-electron chi connectivity index (χ1n) is 6.49. The summed E-state index contributed by atoms with van der Waals surface area (Å²) in [5.41, 5.74) is 6.72. The van der Waals surface area contributed by atoms with Gasteiger partial charge in [0.15, 0.2) is 0 Å². The summed E-state index contributed by atoms with van der Waals surface area (Å²) in [5, 5.41) is 0. The number of nitrogens with one attached hydrogen (secondary N) is 1. The molecule has 0 aliphatic rings. The maximum Gasteiger partial charge on any atom is 0.240 e. The van der Waals surface area contributed by atoms with Gasteiger partial charge in [0.1, 0.15) is 0 Å². The Morgan fingerprint density at radius 3 is 2.10 bits per heavy atom. The van der Waals surface area contributed by atoms with Crippen LogP contribution in [0.3, 0.4) is 0 Å². The Balaban J connectivity index is 0.00000361. The molecule has 20 heavy (non-hydrogen) atoms. The average Bonchev–Trinajstić information content (AvgIpc) is 2.27. The molecule has 0 saturated carbocycles. The fourth-order valence-electron chi connectivity index (χ4n) is 1.64. The van der Waals surface area contributed by atoms with Crippen LogP contribution >= 0.6 is 12.4 Å². The second kappa shape index (κ2) is 7.41. The van der Waals surface area contributed by atoms with Crippen molar-refractivity contribution < 1.29 is 8.42 Å². The van der Waals surface area contributed by atoms with Crippen LogP contribution in [-0.4, -0.2) is 21.0 Å². The summed E-state index contributed by atoms with van der Waals surface area (Å²) in [6.07, 6.45) is 0.624. The Hall–Kier alpha value is -0.620. The van der Waals surface area contributed by atoms with Crippen LogP contribution in [0.2, 0.25) is 0 Å². The molecule has 1 rings (SSSR count). The highest BCUT2D eigenvalue weighted by atomic mass is 35.5. The first-order chi connectivity index (χ1) is 8.63. The van der Waals surface area contributed by atoms with Gasteiger partial charge in [-0.1, -0.05) is 32.9 Å². The molecule has 3 N–H and O–H groups in total. The zero-order chi connectivity index (χ0) is 14.7. The molecule has 6 heteroatoms. The Morgan fingerprint density at radius 2 is 1.70 bits per heavy atom. The standard InChI is InChI=1S/C14H24N2O2S.ClH/c1-11(15)9-10-16-19(17,18)13-7-5-12(6-8-13)14(2,3)4;/h5-8,11,16H,9-10,15H2,1-4H3;1H. The largest absolute Gasteiger partial charge is 0.328 e. The number of hydrogen-bond acceptors (Lipinski definition) is 3. The third-order valence-electron chi connectivity index (χ3n) is 2.92. The number of halogens is 1. The number of rotatable bonds is 5. The van der Waals surface area contributed by atoms with Crippen LogP contribution in [0.5, 0.6) is 0 Å². The van der Waals surface area contributed by atoms with E-state index in [1.165, 1.54) is 0 Å². The molecule has 0 amide bonds. The van der Waals surface area contributed by atoms with Gasteiger partial charge < -0.3 is 5.73 Å².